The van der Waals surface area contributed by atoms with Gasteiger partial charge in [0, 0.05) is 22.8 Å². The Morgan fingerprint density at radius 3 is 2.80 bits per heavy atom. The smallest absolute Gasteiger partial charge is 0.283 e. The summed E-state index contributed by atoms with van der Waals surface area (Å²) in [4.78, 5) is 17.6. The Bertz CT molecular complexity index is 889. The van der Waals surface area contributed by atoms with Crippen LogP contribution in [0.3, 0.4) is 0 Å². The quantitative estimate of drug-likeness (QED) is 0.545. The molecule has 0 radical (unpaired) electrons. The van der Waals surface area contributed by atoms with Crippen molar-refractivity contribution in [3.8, 4) is 16.2 Å². The third kappa shape index (κ3) is 4.02. The van der Waals surface area contributed by atoms with Crippen molar-refractivity contribution in [3.63, 3.8) is 0 Å². The molecule has 3 rings (SSSR count). The lowest BCUT2D eigenvalue weighted by atomic mass is 10.2. The number of benzene rings is 1. The van der Waals surface area contributed by atoms with Gasteiger partial charge in [-0.3, -0.25) is 9.78 Å². The van der Waals surface area contributed by atoms with Gasteiger partial charge in [-0.1, -0.05) is 6.07 Å². The number of methoxy groups -OCH3 is 1. The molecule has 0 atom stereocenters. The van der Waals surface area contributed by atoms with Crippen LogP contribution in [0.2, 0.25) is 0 Å². The fraction of sp³-hybridized carbons (Fsp3) is 0.0556. The van der Waals surface area contributed by atoms with Crippen LogP contribution in [0.1, 0.15) is 15.2 Å². The average molecular weight is 352 g/mol. The van der Waals surface area contributed by atoms with Crippen LogP contribution in [-0.4, -0.2) is 24.2 Å². The molecule has 1 amide bonds. The van der Waals surface area contributed by atoms with Crippen LogP contribution in [0.15, 0.2) is 60.0 Å². The van der Waals surface area contributed by atoms with Gasteiger partial charge in [0.2, 0.25) is 0 Å². The number of nitrogens with two attached hydrogens (primary N) is 1. The van der Waals surface area contributed by atoms with Gasteiger partial charge in [-0.15, -0.1) is 11.3 Å². The predicted octanol–water partition coefficient (Wildman–Crippen LogP) is 3.16. The van der Waals surface area contributed by atoms with E-state index in [0.29, 0.717) is 10.6 Å². The van der Waals surface area contributed by atoms with Gasteiger partial charge in [0.15, 0.2) is 0 Å². The summed E-state index contributed by atoms with van der Waals surface area (Å²) >= 11 is 1.32. The highest BCUT2D eigenvalue weighted by molar-refractivity contribution is 7.18. The number of thiophene rings is 1. The van der Waals surface area contributed by atoms with Crippen molar-refractivity contribution in [1.82, 2.24) is 10.4 Å². The number of nitrogens with zero attached hydrogens (tertiary/aromatic N) is 2. The van der Waals surface area contributed by atoms with Crippen LogP contribution >= 0.6 is 11.3 Å². The largest absolute Gasteiger partial charge is 0.497 e. The summed E-state index contributed by atoms with van der Waals surface area (Å²) < 4.78 is 5.15. The first-order chi connectivity index (χ1) is 12.2. The van der Waals surface area contributed by atoms with Crippen molar-refractivity contribution >= 4 is 29.1 Å². The molecule has 1 aromatic carbocycles. The minimum absolute atomic E-state index is 0.345. The Labute approximate surface area is 149 Å². The van der Waals surface area contributed by atoms with Crippen molar-refractivity contribution in [3.05, 3.63) is 65.3 Å². The van der Waals surface area contributed by atoms with Gasteiger partial charge in [0.05, 0.1) is 19.0 Å². The fourth-order valence-corrected chi connectivity index (χ4v) is 3.12. The fourth-order valence-electron chi connectivity index (χ4n) is 2.15. The number of hydrazone groups is 1. The molecule has 126 valence electrons. The van der Waals surface area contributed by atoms with Crippen molar-refractivity contribution in [2.75, 3.05) is 12.8 Å². The number of anilines is 1. The minimum Gasteiger partial charge on any atom is -0.497 e. The lowest BCUT2D eigenvalue weighted by Gasteiger charge is -2.00. The zero-order chi connectivity index (χ0) is 17.6. The minimum atomic E-state index is -0.345. The highest BCUT2D eigenvalue weighted by atomic mass is 32.1. The Kier molecular flexibility index (Phi) is 5.06. The third-order valence-corrected chi connectivity index (χ3v) is 4.60. The molecule has 6 nitrogen and oxygen atoms in total. The molecule has 0 saturated carbocycles. The van der Waals surface area contributed by atoms with Gasteiger partial charge >= 0.3 is 0 Å². The number of amides is 1. The summed E-state index contributed by atoms with van der Waals surface area (Å²) in [6.07, 6.45) is 4.85. The Morgan fingerprint density at radius 2 is 2.12 bits per heavy atom. The van der Waals surface area contributed by atoms with E-state index in [1.165, 1.54) is 17.6 Å². The lowest BCUT2D eigenvalue weighted by Crippen LogP contribution is -2.17. The normalized spacial score (nSPS) is 10.8. The van der Waals surface area contributed by atoms with Gasteiger partial charge in [0.25, 0.3) is 5.91 Å². The number of carbonyl (C=O) groups excluding carboxylic acids is 1. The van der Waals surface area contributed by atoms with E-state index in [2.05, 4.69) is 15.5 Å². The molecule has 3 aromatic rings. The monoisotopic (exact) mass is 352 g/mol. The summed E-state index contributed by atoms with van der Waals surface area (Å²) in [7, 11) is 1.62. The molecule has 0 fully saturated rings. The summed E-state index contributed by atoms with van der Waals surface area (Å²) in [5.74, 6) is 0.429. The van der Waals surface area contributed by atoms with Crippen molar-refractivity contribution in [1.29, 1.82) is 0 Å². The van der Waals surface area contributed by atoms with Crippen LogP contribution in [0.4, 0.5) is 5.69 Å². The molecular weight excluding hydrogens is 336 g/mol. The number of pyridine rings is 1. The Balaban J connectivity index is 1.72. The lowest BCUT2D eigenvalue weighted by molar-refractivity contribution is 0.0960. The molecule has 0 saturated heterocycles. The van der Waals surface area contributed by atoms with Gasteiger partial charge in [-0.05, 0) is 42.0 Å². The van der Waals surface area contributed by atoms with E-state index in [4.69, 9.17) is 10.5 Å². The van der Waals surface area contributed by atoms with E-state index >= 15 is 0 Å². The molecule has 0 unspecified atom stereocenters. The van der Waals surface area contributed by atoms with Crippen LogP contribution < -0.4 is 15.9 Å². The molecule has 0 aliphatic rings. The van der Waals surface area contributed by atoms with E-state index in [1.54, 1.807) is 31.6 Å². The maximum absolute atomic E-state index is 12.3. The molecule has 0 spiro atoms. The zero-order valence-electron chi connectivity index (χ0n) is 13.5. The number of hydrogen-bond donors (Lipinski definition) is 2. The molecule has 7 heteroatoms. The van der Waals surface area contributed by atoms with Gasteiger partial charge in [0.1, 0.15) is 10.6 Å². The Hall–Kier alpha value is -3.19. The number of nitrogen functional groups attached to an aromatic ring is 1. The van der Waals surface area contributed by atoms with E-state index in [9.17, 15) is 4.79 Å². The van der Waals surface area contributed by atoms with E-state index in [0.717, 1.165) is 21.8 Å². The molecular formula is C18H16N4O2S. The van der Waals surface area contributed by atoms with Gasteiger partial charge in [-0.25, -0.2) is 5.43 Å². The summed E-state index contributed by atoms with van der Waals surface area (Å²) in [5, 5.41) is 3.93. The number of hydrogen-bond acceptors (Lipinski definition) is 6. The average Bonchev–Trinajstić information content (AvgIpc) is 3.04. The van der Waals surface area contributed by atoms with E-state index in [1.807, 2.05) is 30.3 Å². The molecule has 0 aliphatic heterocycles. The molecule has 0 bridgehead atoms. The highest BCUT2D eigenvalue weighted by Gasteiger charge is 2.15. The number of aromatic nitrogens is 1. The Morgan fingerprint density at radius 1 is 1.32 bits per heavy atom. The highest BCUT2D eigenvalue weighted by Crippen LogP contribution is 2.33. The first-order valence-electron chi connectivity index (χ1n) is 7.44. The van der Waals surface area contributed by atoms with Crippen LogP contribution in [0.5, 0.6) is 5.75 Å². The predicted molar refractivity (Wildman–Crippen MR) is 100 cm³/mol. The third-order valence-electron chi connectivity index (χ3n) is 3.41. The second kappa shape index (κ2) is 7.59. The standard InChI is InChI=1S/C18H16N4O2S/c1-24-14-6-4-13(5-7-14)16-9-15(19)17(25-16)18(23)22-21-11-12-3-2-8-20-10-12/h2-11H,19H2,1H3,(H,22,23)/b21-11-. The van der Waals surface area contributed by atoms with Gasteiger partial charge in [-0.2, -0.15) is 5.10 Å². The number of carbonyl (C=O) groups is 1. The topological polar surface area (TPSA) is 89.6 Å². The van der Waals surface area contributed by atoms with Crippen molar-refractivity contribution in [2.45, 2.75) is 0 Å². The van der Waals surface area contributed by atoms with E-state index < -0.39 is 0 Å². The first kappa shape index (κ1) is 16.7. The second-order valence-corrected chi connectivity index (χ2v) is 6.16. The number of rotatable bonds is 5. The zero-order valence-corrected chi connectivity index (χ0v) is 14.3. The molecule has 3 N–H and O–H groups in total. The maximum atomic E-state index is 12.3. The van der Waals surface area contributed by atoms with Crippen LogP contribution in [-0.2, 0) is 0 Å². The first-order valence-corrected chi connectivity index (χ1v) is 8.26. The molecule has 2 aromatic heterocycles. The number of nitrogens with one attached hydrogen (secondary N) is 1. The van der Waals surface area contributed by atoms with E-state index in [-0.39, 0.29) is 5.91 Å². The summed E-state index contributed by atoms with van der Waals surface area (Å²) in [6.45, 7) is 0. The molecule has 2 heterocycles. The second-order valence-electron chi connectivity index (χ2n) is 5.11. The van der Waals surface area contributed by atoms with Crippen LogP contribution in [0, 0.1) is 0 Å². The maximum Gasteiger partial charge on any atom is 0.283 e. The van der Waals surface area contributed by atoms with Crippen molar-refractivity contribution < 1.29 is 9.53 Å². The molecule has 25 heavy (non-hydrogen) atoms. The van der Waals surface area contributed by atoms with Crippen molar-refractivity contribution in [2.24, 2.45) is 5.10 Å². The van der Waals surface area contributed by atoms with Gasteiger partial charge < -0.3 is 10.5 Å². The summed E-state index contributed by atoms with van der Waals surface area (Å²) in [5.41, 5.74) is 10.6. The van der Waals surface area contributed by atoms with Crippen LogP contribution in [0.25, 0.3) is 10.4 Å². The number of ether oxygens (including phenoxy) is 1. The summed E-state index contributed by atoms with van der Waals surface area (Å²) in [6, 6.07) is 13.0. The SMILES string of the molecule is COc1ccc(-c2cc(N)c(C(=O)N/N=C\c3cccnc3)s2)cc1. The molecule has 0 aliphatic carbocycles.